The van der Waals surface area contributed by atoms with Crippen molar-refractivity contribution in [1.82, 2.24) is 4.98 Å². The Bertz CT molecular complexity index is 560. The van der Waals surface area contributed by atoms with E-state index >= 15 is 0 Å². The van der Waals surface area contributed by atoms with Crippen LogP contribution in [0.2, 0.25) is 0 Å². The zero-order chi connectivity index (χ0) is 13.1. The van der Waals surface area contributed by atoms with Gasteiger partial charge in [-0.3, -0.25) is 4.98 Å². The van der Waals surface area contributed by atoms with E-state index in [1.165, 1.54) is 25.6 Å². The molecule has 3 nitrogen and oxygen atoms in total. The smallest absolute Gasteiger partial charge is 0.137 e. The van der Waals surface area contributed by atoms with Crippen molar-refractivity contribution in [3.8, 4) is 5.75 Å². The lowest BCUT2D eigenvalue weighted by Gasteiger charge is -2.12. The van der Waals surface area contributed by atoms with Crippen LogP contribution in [-0.4, -0.2) is 17.2 Å². The Morgan fingerprint density at radius 2 is 2.00 bits per heavy atom. The molecule has 1 atom stereocenters. The lowest BCUT2D eigenvalue weighted by atomic mass is 10.0. The molecule has 94 valence electrons. The number of ether oxygens (including phenoxy) is 1. The standard InChI is InChI=1S/C13H11F2NO2/c1-18-10-4-8(6-16-7-10)13(17)11-3-2-9(14)5-12(11)15/h2-7,13,17H,1H3. The van der Waals surface area contributed by atoms with Crippen LogP contribution in [0.1, 0.15) is 17.2 Å². The van der Waals surface area contributed by atoms with Gasteiger partial charge in [0.25, 0.3) is 0 Å². The van der Waals surface area contributed by atoms with Gasteiger partial charge in [0.2, 0.25) is 0 Å². The molecule has 0 fully saturated rings. The Hall–Kier alpha value is -2.01. The van der Waals surface area contributed by atoms with Crippen LogP contribution in [0.25, 0.3) is 0 Å². The van der Waals surface area contributed by atoms with Crippen LogP contribution < -0.4 is 4.74 Å². The quantitative estimate of drug-likeness (QED) is 0.911. The third-order valence-electron chi connectivity index (χ3n) is 2.54. The van der Waals surface area contributed by atoms with E-state index < -0.39 is 17.7 Å². The average Bonchev–Trinajstić information content (AvgIpc) is 2.38. The fourth-order valence-electron chi connectivity index (χ4n) is 1.60. The van der Waals surface area contributed by atoms with Crippen LogP contribution in [0.15, 0.2) is 36.7 Å². The zero-order valence-corrected chi connectivity index (χ0v) is 9.60. The molecule has 0 aliphatic heterocycles. The highest BCUT2D eigenvalue weighted by Crippen LogP contribution is 2.26. The molecule has 2 rings (SSSR count). The number of nitrogens with zero attached hydrogens (tertiary/aromatic N) is 1. The Kier molecular flexibility index (Phi) is 3.53. The maximum absolute atomic E-state index is 13.5. The Morgan fingerprint density at radius 1 is 1.22 bits per heavy atom. The van der Waals surface area contributed by atoms with Crippen LogP contribution in [0, 0.1) is 11.6 Å². The zero-order valence-electron chi connectivity index (χ0n) is 9.60. The van der Waals surface area contributed by atoms with Gasteiger partial charge in [-0.25, -0.2) is 8.78 Å². The number of methoxy groups -OCH3 is 1. The second kappa shape index (κ2) is 5.10. The molecule has 1 aromatic carbocycles. The van der Waals surface area contributed by atoms with Gasteiger partial charge in [-0.05, 0) is 12.1 Å². The molecule has 5 heteroatoms. The van der Waals surface area contributed by atoms with E-state index in [1.54, 1.807) is 6.07 Å². The van der Waals surface area contributed by atoms with E-state index in [0.29, 0.717) is 11.3 Å². The summed E-state index contributed by atoms with van der Waals surface area (Å²) in [6.45, 7) is 0. The molecular formula is C13H11F2NO2. The predicted octanol–water partition coefficient (Wildman–Crippen LogP) is 2.45. The summed E-state index contributed by atoms with van der Waals surface area (Å²) >= 11 is 0. The summed E-state index contributed by atoms with van der Waals surface area (Å²) in [5.41, 5.74) is 0.367. The molecule has 0 aliphatic carbocycles. The lowest BCUT2D eigenvalue weighted by Crippen LogP contribution is -2.04. The van der Waals surface area contributed by atoms with Gasteiger partial charge in [0, 0.05) is 23.4 Å². The Morgan fingerprint density at radius 3 is 2.67 bits per heavy atom. The van der Waals surface area contributed by atoms with Crippen molar-refractivity contribution in [2.45, 2.75) is 6.10 Å². The molecule has 0 radical (unpaired) electrons. The molecule has 0 bridgehead atoms. The molecule has 0 amide bonds. The van der Waals surface area contributed by atoms with Crippen molar-refractivity contribution in [1.29, 1.82) is 0 Å². The van der Waals surface area contributed by atoms with Crippen molar-refractivity contribution in [3.05, 3.63) is 59.4 Å². The summed E-state index contributed by atoms with van der Waals surface area (Å²) in [7, 11) is 1.46. The highest BCUT2D eigenvalue weighted by Gasteiger charge is 2.16. The largest absolute Gasteiger partial charge is 0.495 e. The molecular weight excluding hydrogens is 240 g/mol. The van der Waals surface area contributed by atoms with Crippen LogP contribution in [0.5, 0.6) is 5.75 Å². The Labute approximate surface area is 103 Å². The van der Waals surface area contributed by atoms with Crippen LogP contribution in [0.3, 0.4) is 0 Å². The van der Waals surface area contributed by atoms with Gasteiger partial charge < -0.3 is 9.84 Å². The van der Waals surface area contributed by atoms with Crippen molar-refractivity contribution in [2.75, 3.05) is 7.11 Å². The van der Waals surface area contributed by atoms with E-state index in [4.69, 9.17) is 4.74 Å². The molecule has 1 aromatic heterocycles. The number of aromatic nitrogens is 1. The first-order valence-electron chi connectivity index (χ1n) is 5.24. The second-order valence-corrected chi connectivity index (χ2v) is 3.73. The summed E-state index contributed by atoms with van der Waals surface area (Å²) in [4.78, 5) is 3.87. The van der Waals surface area contributed by atoms with E-state index in [0.717, 1.165) is 12.1 Å². The maximum atomic E-state index is 13.5. The number of hydrogen-bond acceptors (Lipinski definition) is 3. The summed E-state index contributed by atoms with van der Waals surface area (Å²) in [5, 5.41) is 10.0. The summed E-state index contributed by atoms with van der Waals surface area (Å²) in [6, 6.07) is 4.57. The van der Waals surface area contributed by atoms with Gasteiger partial charge in [0.15, 0.2) is 0 Å². The van der Waals surface area contributed by atoms with Crippen molar-refractivity contribution < 1.29 is 18.6 Å². The minimum Gasteiger partial charge on any atom is -0.495 e. The fraction of sp³-hybridized carbons (Fsp3) is 0.154. The Balaban J connectivity index is 2.37. The van der Waals surface area contributed by atoms with Gasteiger partial charge in [-0.15, -0.1) is 0 Å². The molecule has 0 spiro atoms. The summed E-state index contributed by atoms with van der Waals surface area (Å²) in [6.07, 6.45) is 1.65. The van der Waals surface area contributed by atoms with Crippen LogP contribution in [-0.2, 0) is 0 Å². The number of aliphatic hydroxyl groups is 1. The van der Waals surface area contributed by atoms with Gasteiger partial charge in [0.05, 0.1) is 13.3 Å². The van der Waals surface area contributed by atoms with E-state index in [1.807, 2.05) is 0 Å². The second-order valence-electron chi connectivity index (χ2n) is 3.73. The first-order chi connectivity index (χ1) is 8.61. The van der Waals surface area contributed by atoms with Crippen LogP contribution in [0.4, 0.5) is 8.78 Å². The summed E-state index contributed by atoms with van der Waals surface area (Å²) < 4.78 is 31.3. The monoisotopic (exact) mass is 251 g/mol. The fourth-order valence-corrected chi connectivity index (χ4v) is 1.60. The molecule has 1 unspecified atom stereocenters. The van der Waals surface area contributed by atoms with Gasteiger partial charge in [-0.2, -0.15) is 0 Å². The van der Waals surface area contributed by atoms with E-state index in [-0.39, 0.29) is 5.56 Å². The number of aliphatic hydroxyl groups excluding tert-OH is 1. The highest BCUT2D eigenvalue weighted by molar-refractivity contribution is 5.33. The first kappa shape index (κ1) is 12.4. The van der Waals surface area contributed by atoms with Crippen LogP contribution >= 0.6 is 0 Å². The number of benzene rings is 1. The molecule has 0 aliphatic rings. The summed E-state index contributed by atoms with van der Waals surface area (Å²) in [5.74, 6) is -1.04. The molecule has 1 heterocycles. The number of rotatable bonds is 3. The lowest BCUT2D eigenvalue weighted by molar-refractivity contribution is 0.213. The molecule has 1 N–H and O–H groups in total. The third kappa shape index (κ3) is 2.46. The van der Waals surface area contributed by atoms with Gasteiger partial charge in [0.1, 0.15) is 23.5 Å². The molecule has 0 saturated heterocycles. The van der Waals surface area contributed by atoms with Crippen molar-refractivity contribution in [2.24, 2.45) is 0 Å². The van der Waals surface area contributed by atoms with E-state index in [2.05, 4.69) is 4.98 Å². The average molecular weight is 251 g/mol. The van der Waals surface area contributed by atoms with E-state index in [9.17, 15) is 13.9 Å². The van der Waals surface area contributed by atoms with Gasteiger partial charge >= 0.3 is 0 Å². The molecule has 0 saturated carbocycles. The minimum absolute atomic E-state index is 0.00791. The maximum Gasteiger partial charge on any atom is 0.137 e. The normalized spacial score (nSPS) is 12.2. The molecule has 2 aromatic rings. The van der Waals surface area contributed by atoms with Crippen molar-refractivity contribution in [3.63, 3.8) is 0 Å². The van der Waals surface area contributed by atoms with Crippen molar-refractivity contribution >= 4 is 0 Å². The highest BCUT2D eigenvalue weighted by atomic mass is 19.1. The SMILES string of the molecule is COc1cncc(C(O)c2ccc(F)cc2F)c1. The third-order valence-corrected chi connectivity index (χ3v) is 2.54. The predicted molar refractivity (Wildman–Crippen MR) is 61.2 cm³/mol. The number of pyridine rings is 1. The van der Waals surface area contributed by atoms with Gasteiger partial charge in [-0.1, -0.05) is 6.07 Å². The first-order valence-corrected chi connectivity index (χ1v) is 5.24. The topological polar surface area (TPSA) is 42.4 Å². The molecule has 18 heavy (non-hydrogen) atoms. The number of hydrogen-bond donors (Lipinski definition) is 1. The minimum atomic E-state index is -1.21. The number of halogens is 2.